The first-order chi connectivity index (χ1) is 11.4. The second-order valence-electron chi connectivity index (χ2n) is 4.09. The standard InChI is InChI=1S/3C5H4NOSe.Gd.2H2O/c3*7-6-4-2-1-3-5(6)8;;;/h3*1-4H;;2*1H2/q3*-1;+3;;. The summed E-state index contributed by atoms with van der Waals surface area (Å²) in [5.41, 5.74) is 0. The second kappa shape index (κ2) is 17.7. The van der Waals surface area contributed by atoms with Gasteiger partial charge in [0, 0.05) is 0 Å². The SMILES string of the molecule is O.O.[Gd+3].[O-]n1ccccc1=[Se].[O-]n1ccccc1=[Se].[O-]n1ccccc1=[Se]. The number of aromatic nitrogens is 3. The second-order valence-corrected chi connectivity index (χ2v) is 6.73. The maximum atomic E-state index is 10.5. The molecule has 4 N–H and O–H groups in total. The van der Waals surface area contributed by atoms with Crippen LogP contribution in [0.25, 0.3) is 0 Å². The fourth-order valence-corrected chi connectivity index (χ4v) is 2.12. The van der Waals surface area contributed by atoms with Crippen molar-refractivity contribution in [2.45, 2.75) is 0 Å². The van der Waals surface area contributed by atoms with E-state index in [0.29, 0.717) is 12.6 Å². The summed E-state index contributed by atoms with van der Waals surface area (Å²) in [6.07, 6.45) is 4.35. The molecular weight excluding hydrogens is 696 g/mol. The van der Waals surface area contributed by atoms with Gasteiger partial charge in [-0.15, -0.1) is 0 Å². The molecule has 0 atom stereocenters. The van der Waals surface area contributed by atoms with Gasteiger partial charge < -0.3 is 11.0 Å². The molecule has 0 spiro atoms. The van der Waals surface area contributed by atoms with Gasteiger partial charge in [-0.05, 0) is 0 Å². The third kappa shape index (κ3) is 13.5. The number of hydrogen-bond donors (Lipinski definition) is 0. The Morgan fingerprint density at radius 2 is 0.741 bits per heavy atom. The van der Waals surface area contributed by atoms with Crippen molar-refractivity contribution in [3.05, 3.63) is 101 Å². The van der Waals surface area contributed by atoms with E-state index in [2.05, 4.69) is 46.7 Å². The Morgan fingerprint density at radius 1 is 0.519 bits per heavy atom. The molecule has 3 rings (SSSR count). The molecule has 0 saturated carbocycles. The summed E-state index contributed by atoms with van der Waals surface area (Å²) in [5.74, 6) is 0. The van der Waals surface area contributed by atoms with Gasteiger partial charge in [-0.1, -0.05) is 0 Å². The first-order valence-corrected chi connectivity index (χ1v) is 9.04. The van der Waals surface area contributed by atoms with Gasteiger partial charge in [-0.25, -0.2) is 0 Å². The van der Waals surface area contributed by atoms with Crippen LogP contribution in [-0.4, -0.2) is 71.9 Å². The Morgan fingerprint density at radius 3 is 0.852 bits per heavy atom. The number of nitrogens with zero attached hydrogens (tertiary/aromatic N) is 3. The Kier molecular flexibility index (Phi) is 20.6. The predicted molar refractivity (Wildman–Crippen MR) is 104 cm³/mol. The third-order valence-corrected chi connectivity index (χ3v) is 4.35. The Hall–Kier alpha value is -0.347. The molecule has 1 radical (unpaired) electrons. The van der Waals surface area contributed by atoms with E-state index in [-0.39, 0.29) is 50.9 Å². The molecular formula is C15H16GdN3O5Se3. The molecule has 0 aliphatic carbocycles. The first-order valence-electron chi connectivity index (χ1n) is 6.47. The predicted octanol–water partition coefficient (Wildman–Crippen LogP) is -0.0459. The van der Waals surface area contributed by atoms with E-state index in [4.69, 9.17) is 0 Å². The van der Waals surface area contributed by atoms with Crippen molar-refractivity contribution < 1.29 is 50.9 Å². The van der Waals surface area contributed by atoms with E-state index >= 15 is 0 Å². The van der Waals surface area contributed by atoms with E-state index in [9.17, 15) is 15.6 Å². The van der Waals surface area contributed by atoms with Crippen LogP contribution < -0.4 is 0 Å². The van der Waals surface area contributed by atoms with Crippen LogP contribution in [0, 0.1) is 68.1 Å². The molecule has 0 aliphatic rings. The molecule has 0 fully saturated rings. The molecule has 147 valence electrons. The fraction of sp³-hybridized carbons (Fsp3) is 0. The average Bonchev–Trinajstić information content (AvgIpc) is 2.57. The van der Waals surface area contributed by atoms with Gasteiger partial charge in [-0.3, -0.25) is 0 Å². The molecule has 8 nitrogen and oxygen atoms in total. The van der Waals surface area contributed by atoms with Gasteiger partial charge in [0.05, 0.1) is 0 Å². The zero-order valence-electron chi connectivity index (χ0n) is 13.6. The van der Waals surface area contributed by atoms with Crippen LogP contribution in [0.5, 0.6) is 0 Å². The van der Waals surface area contributed by atoms with Gasteiger partial charge in [-0.2, -0.15) is 0 Å². The minimum atomic E-state index is 0. The van der Waals surface area contributed by atoms with Crippen molar-refractivity contribution in [1.82, 2.24) is 14.2 Å². The number of rotatable bonds is 0. The molecule has 12 heteroatoms. The molecule has 3 heterocycles. The van der Waals surface area contributed by atoms with Crippen molar-refractivity contribution in [2.24, 2.45) is 0 Å². The zero-order chi connectivity index (χ0) is 17.9. The van der Waals surface area contributed by atoms with Crippen LogP contribution in [0.1, 0.15) is 0 Å². The van der Waals surface area contributed by atoms with Crippen LogP contribution in [0.15, 0.2) is 73.2 Å². The normalized spacial score (nSPS) is 8.00. The summed E-state index contributed by atoms with van der Waals surface area (Å²) in [7, 11) is 0. The molecule has 3 aromatic rings. The van der Waals surface area contributed by atoms with Crippen LogP contribution in [0.3, 0.4) is 0 Å². The van der Waals surface area contributed by atoms with Crippen LogP contribution in [0.2, 0.25) is 0 Å². The summed E-state index contributed by atoms with van der Waals surface area (Å²) >= 11 is 7.86. The van der Waals surface area contributed by atoms with Gasteiger partial charge in [0.15, 0.2) is 0 Å². The summed E-state index contributed by atoms with van der Waals surface area (Å²) in [5, 5.41) is 31.5. The third-order valence-electron chi connectivity index (χ3n) is 2.37. The summed E-state index contributed by atoms with van der Waals surface area (Å²) in [4.78, 5) is 0. The fourth-order valence-electron chi connectivity index (χ4n) is 1.24. The quantitative estimate of drug-likeness (QED) is 0.302. The molecule has 0 saturated heterocycles. The summed E-state index contributed by atoms with van der Waals surface area (Å²) in [6.45, 7) is 0. The van der Waals surface area contributed by atoms with Crippen LogP contribution in [-0.2, 0) is 0 Å². The van der Waals surface area contributed by atoms with E-state index in [1.807, 2.05) is 0 Å². The first kappa shape index (κ1) is 31.4. The van der Waals surface area contributed by atoms with Crippen molar-refractivity contribution in [3.8, 4) is 0 Å². The van der Waals surface area contributed by atoms with Crippen molar-refractivity contribution in [3.63, 3.8) is 0 Å². The zero-order valence-corrected chi connectivity index (χ0v) is 21.0. The Balaban J connectivity index is -0.000000303. The molecule has 0 unspecified atom stereocenters. The Labute approximate surface area is 211 Å². The van der Waals surface area contributed by atoms with Crippen LogP contribution in [0.4, 0.5) is 0 Å². The van der Waals surface area contributed by atoms with Crippen LogP contribution >= 0.6 is 0 Å². The summed E-state index contributed by atoms with van der Waals surface area (Å²) < 4.78 is 4.15. The van der Waals surface area contributed by atoms with Crippen molar-refractivity contribution >= 4 is 46.7 Å². The monoisotopic (exact) mass is 716 g/mol. The van der Waals surface area contributed by atoms with E-state index in [1.54, 1.807) is 54.6 Å². The summed E-state index contributed by atoms with van der Waals surface area (Å²) in [6, 6.07) is 15.6. The minimum absolute atomic E-state index is 0. The maximum absolute atomic E-state index is 10.5. The van der Waals surface area contributed by atoms with E-state index in [1.165, 1.54) is 18.6 Å². The van der Waals surface area contributed by atoms with Crippen molar-refractivity contribution in [2.75, 3.05) is 0 Å². The molecule has 27 heavy (non-hydrogen) atoms. The topological polar surface area (TPSA) is 147 Å². The number of pyridine rings is 3. The van der Waals surface area contributed by atoms with E-state index < -0.39 is 0 Å². The van der Waals surface area contributed by atoms with Gasteiger partial charge in [0.1, 0.15) is 0 Å². The molecule has 0 aromatic carbocycles. The molecule has 0 amide bonds. The van der Waals surface area contributed by atoms with Gasteiger partial charge in [0.25, 0.3) is 0 Å². The molecule has 0 bridgehead atoms. The average molecular weight is 712 g/mol. The van der Waals surface area contributed by atoms with Crippen molar-refractivity contribution in [1.29, 1.82) is 0 Å². The molecule has 3 aromatic heterocycles. The Bertz CT molecular complexity index is 824. The van der Waals surface area contributed by atoms with Gasteiger partial charge >= 0.3 is 202 Å². The van der Waals surface area contributed by atoms with E-state index in [0.717, 1.165) is 14.2 Å². The molecule has 0 aliphatic heterocycles. The number of hydrogen-bond acceptors (Lipinski definition) is 3. The van der Waals surface area contributed by atoms with Gasteiger partial charge in [0.2, 0.25) is 0 Å².